The Morgan fingerprint density at radius 3 is 2.68 bits per heavy atom. The van der Waals surface area contributed by atoms with E-state index in [0.29, 0.717) is 16.7 Å². The fourth-order valence-corrected chi connectivity index (χ4v) is 2.11. The fraction of sp³-hybridized carbons (Fsp3) is 0.214. The second kappa shape index (κ2) is 5.16. The van der Waals surface area contributed by atoms with Crippen molar-refractivity contribution in [1.82, 2.24) is 0 Å². The second-order valence-electron chi connectivity index (χ2n) is 4.26. The van der Waals surface area contributed by atoms with Crippen LogP contribution in [0.2, 0.25) is 0 Å². The zero-order valence-corrected chi connectivity index (χ0v) is 10.5. The number of methoxy groups -OCH3 is 1. The Labute approximate surface area is 110 Å². The van der Waals surface area contributed by atoms with Gasteiger partial charge in [-0.25, -0.2) is 0 Å². The van der Waals surface area contributed by atoms with Gasteiger partial charge in [0.2, 0.25) is 0 Å². The molecule has 0 aromatic heterocycles. The largest absolute Gasteiger partial charge is 0.507 e. The van der Waals surface area contributed by atoms with Crippen LogP contribution in [0.3, 0.4) is 0 Å². The lowest BCUT2D eigenvalue weighted by Gasteiger charge is -2.14. The number of rotatable bonds is 4. The number of nitrogens with two attached hydrogens (primary N) is 1. The molecule has 0 saturated heterocycles. The molecular weight excluding hydrogens is 246 g/mol. The lowest BCUT2D eigenvalue weighted by Crippen LogP contribution is -2.15. The van der Waals surface area contributed by atoms with Crippen molar-refractivity contribution in [3.63, 3.8) is 0 Å². The summed E-state index contributed by atoms with van der Waals surface area (Å²) in [5, 5.41) is 20.3. The molecule has 0 radical (unpaired) electrons. The fourth-order valence-electron chi connectivity index (χ4n) is 2.11. The van der Waals surface area contributed by atoms with Crippen LogP contribution in [0, 0.1) is 0 Å². The van der Waals surface area contributed by atoms with Gasteiger partial charge in [0.15, 0.2) is 0 Å². The van der Waals surface area contributed by atoms with Crippen LogP contribution in [0.25, 0.3) is 10.8 Å². The number of fused-ring (bicyclic) bond motifs is 1. The highest BCUT2D eigenvalue weighted by Gasteiger charge is 2.17. The van der Waals surface area contributed by atoms with Gasteiger partial charge in [0.05, 0.1) is 13.5 Å². The van der Waals surface area contributed by atoms with Crippen molar-refractivity contribution < 1.29 is 19.7 Å². The first-order valence-corrected chi connectivity index (χ1v) is 5.80. The number of carboxylic acid groups (broad SMARTS) is 1. The van der Waals surface area contributed by atoms with E-state index < -0.39 is 12.0 Å². The molecule has 1 atom stereocenters. The predicted molar refractivity (Wildman–Crippen MR) is 71.3 cm³/mol. The van der Waals surface area contributed by atoms with Crippen LogP contribution in [-0.2, 0) is 4.79 Å². The highest BCUT2D eigenvalue weighted by atomic mass is 16.5. The number of carbonyl (C=O) groups is 1. The number of hydrogen-bond acceptors (Lipinski definition) is 4. The topological polar surface area (TPSA) is 92.8 Å². The Balaban J connectivity index is 2.55. The van der Waals surface area contributed by atoms with Crippen LogP contribution in [0.5, 0.6) is 11.5 Å². The average molecular weight is 261 g/mol. The highest BCUT2D eigenvalue weighted by Crippen LogP contribution is 2.36. The molecule has 5 heteroatoms. The summed E-state index contributed by atoms with van der Waals surface area (Å²) in [6, 6.07) is 7.95. The first-order valence-electron chi connectivity index (χ1n) is 5.80. The lowest BCUT2D eigenvalue weighted by molar-refractivity contribution is -0.137. The number of hydrogen-bond donors (Lipinski definition) is 3. The molecule has 0 amide bonds. The highest BCUT2D eigenvalue weighted by molar-refractivity contribution is 5.94. The molecule has 0 aliphatic rings. The van der Waals surface area contributed by atoms with E-state index in [0.717, 1.165) is 5.39 Å². The smallest absolute Gasteiger partial charge is 0.305 e. The molecule has 100 valence electrons. The van der Waals surface area contributed by atoms with Crippen molar-refractivity contribution in [2.24, 2.45) is 5.73 Å². The second-order valence-corrected chi connectivity index (χ2v) is 4.26. The number of carboxylic acids is 1. The van der Waals surface area contributed by atoms with E-state index in [1.165, 1.54) is 0 Å². The van der Waals surface area contributed by atoms with E-state index in [2.05, 4.69) is 0 Å². The molecule has 0 aliphatic carbocycles. The van der Waals surface area contributed by atoms with Gasteiger partial charge in [-0.1, -0.05) is 24.3 Å². The lowest BCUT2D eigenvalue weighted by atomic mass is 9.98. The molecule has 2 rings (SSSR count). The molecule has 2 aromatic rings. The van der Waals surface area contributed by atoms with E-state index in [4.69, 9.17) is 15.6 Å². The van der Waals surface area contributed by atoms with Crippen LogP contribution in [0.1, 0.15) is 18.0 Å². The Bertz CT molecular complexity index is 624. The molecule has 5 nitrogen and oxygen atoms in total. The monoisotopic (exact) mass is 261 g/mol. The third-order valence-corrected chi connectivity index (χ3v) is 3.04. The summed E-state index contributed by atoms with van der Waals surface area (Å²) in [6.07, 6.45) is -0.233. The SMILES string of the molecule is COc1cccc2c(O)c(C(N)CC(=O)O)ccc12. The van der Waals surface area contributed by atoms with Gasteiger partial charge in [-0.3, -0.25) is 4.79 Å². The Morgan fingerprint density at radius 1 is 1.32 bits per heavy atom. The molecule has 1 unspecified atom stereocenters. The molecule has 2 aromatic carbocycles. The number of aliphatic carboxylic acids is 1. The van der Waals surface area contributed by atoms with Crippen LogP contribution >= 0.6 is 0 Å². The van der Waals surface area contributed by atoms with E-state index in [-0.39, 0.29) is 12.2 Å². The molecule has 0 heterocycles. The standard InChI is InChI=1S/C14H15NO4/c1-19-12-4-2-3-9-8(12)5-6-10(14(9)18)11(15)7-13(16)17/h2-6,11,18H,7,15H2,1H3,(H,16,17). The summed E-state index contributed by atoms with van der Waals surface area (Å²) in [5.41, 5.74) is 6.21. The molecular formula is C14H15NO4. The summed E-state index contributed by atoms with van der Waals surface area (Å²) in [7, 11) is 1.55. The predicted octanol–water partition coefficient (Wildman–Crippen LogP) is 2.03. The number of phenolic OH excluding ortho intramolecular Hbond substituents is 1. The Hall–Kier alpha value is -2.27. The van der Waals surface area contributed by atoms with Crippen molar-refractivity contribution in [3.8, 4) is 11.5 Å². The number of benzene rings is 2. The molecule has 19 heavy (non-hydrogen) atoms. The van der Waals surface area contributed by atoms with Crippen LogP contribution in [0.15, 0.2) is 30.3 Å². The van der Waals surface area contributed by atoms with Crippen LogP contribution < -0.4 is 10.5 Å². The molecule has 0 fully saturated rings. The summed E-state index contributed by atoms with van der Waals surface area (Å²) in [4.78, 5) is 10.7. The molecule has 0 bridgehead atoms. The first kappa shape index (κ1) is 13.2. The van der Waals surface area contributed by atoms with E-state index >= 15 is 0 Å². The van der Waals surface area contributed by atoms with Gasteiger partial charge in [-0.05, 0) is 6.07 Å². The zero-order valence-electron chi connectivity index (χ0n) is 10.5. The maximum absolute atomic E-state index is 10.7. The van der Waals surface area contributed by atoms with Crippen molar-refractivity contribution >= 4 is 16.7 Å². The van der Waals surface area contributed by atoms with Crippen LogP contribution in [-0.4, -0.2) is 23.3 Å². The molecule has 0 saturated carbocycles. The Kier molecular flexibility index (Phi) is 3.57. The molecule has 0 spiro atoms. The van der Waals surface area contributed by atoms with Crippen LogP contribution in [0.4, 0.5) is 0 Å². The molecule has 4 N–H and O–H groups in total. The minimum atomic E-state index is -1.00. The van der Waals surface area contributed by atoms with Crippen molar-refractivity contribution in [2.45, 2.75) is 12.5 Å². The summed E-state index contributed by atoms with van der Waals surface area (Å²) < 4.78 is 5.21. The Morgan fingerprint density at radius 2 is 2.05 bits per heavy atom. The minimum Gasteiger partial charge on any atom is -0.507 e. The van der Waals surface area contributed by atoms with E-state index in [1.807, 2.05) is 0 Å². The third-order valence-electron chi connectivity index (χ3n) is 3.04. The summed E-state index contributed by atoms with van der Waals surface area (Å²) in [6.45, 7) is 0. The summed E-state index contributed by atoms with van der Waals surface area (Å²) in [5.74, 6) is -0.353. The maximum atomic E-state index is 10.7. The van der Waals surface area contributed by atoms with Gasteiger partial charge in [0.25, 0.3) is 0 Å². The number of ether oxygens (including phenoxy) is 1. The van der Waals surface area contributed by atoms with Crippen molar-refractivity contribution in [2.75, 3.05) is 7.11 Å². The van der Waals surface area contributed by atoms with Gasteiger partial charge in [0, 0.05) is 22.4 Å². The molecule has 0 aliphatic heterocycles. The summed E-state index contributed by atoms with van der Waals surface area (Å²) >= 11 is 0. The zero-order chi connectivity index (χ0) is 14.0. The minimum absolute atomic E-state index is 0.00477. The quantitative estimate of drug-likeness (QED) is 0.783. The third kappa shape index (κ3) is 2.46. The normalized spacial score (nSPS) is 12.3. The average Bonchev–Trinajstić information content (AvgIpc) is 2.37. The van der Waals surface area contributed by atoms with Gasteiger partial charge in [0.1, 0.15) is 11.5 Å². The van der Waals surface area contributed by atoms with E-state index in [1.54, 1.807) is 37.4 Å². The van der Waals surface area contributed by atoms with E-state index in [9.17, 15) is 9.90 Å². The number of aromatic hydroxyl groups is 1. The van der Waals surface area contributed by atoms with Gasteiger partial charge in [-0.2, -0.15) is 0 Å². The van der Waals surface area contributed by atoms with Crippen molar-refractivity contribution in [3.05, 3.63) is 35.9 Å². The van der Waals surface area contributed by atoms with Gasteiger partial charge in [-0.15, -0.1) is 0 Å². The van der Waals surface area contributed by atoms with Gasteiger partial charge >= 0.3 is 5.97 Å². The van der Waals surface area contributed by atoms with Gasteiger partial charge < -0.3 is 20.7 Å². The van der Waals surface area contributed by atoms with Crippen molar-refractivity contribution in [1.29, 1.82) is 0 Å². The maximum Gasteiger partial charge on any atom is 0.305 e. The number of phenols is 1. The first-order chi connectivity index (χ1) is 9.04.